The molecule has 1 nitrogen and oxygen atoms in total. The van der Waals surface area contributed by atoms with Crippen LogP contribution in [-0.4, -0.2) is 5.11 Å². The van der Waals surface area contributed by atoms with E-state index in [2.05, 4.69) is 25.7 Å². The summed E-state index contributed by atoms with van der Waals surface area (Å²) in [6.07, 6.45) is 14.2. The molecule has 0 fully saturated rings. The summed E-state index contributed by atoms with van der Waals surface area (Å²) in [6, 6.07) is 7.36. The van der Waals surface area contributed by atoms with Crippen molar-refractivity contribution in [1.82, 2.24) is 0 Å². The molecule has 0 aliphatic heterocycles. The summed E-state index contributed by atoms with van der Waals surface area (Å²) in [6.45, 7) is 10.1. The summed E-state index contributed by atoms with van der Waals surface area (Å²) in [5.74, 6) is 0.417. The fraction of sp³-hybridized carbons (Fsp3) is 0.200. The molecule has 0 spiro atoms. The molecule has 1 aromatic carbocycles. The molecule has 0 radical (unpaired) electrons. The highest BCUT2D eigenvalue weighted by molar-refractivity contribution is 5.45. The molecule has 1 N–H and O–H groups in total. The zero-order chi connectivity index (χ0) is 15.7. The van der Waals surface area contributed by atoms with Gasteiger partial charge in [-0.15, -0.1) is 0 Å². The molecule has 0 aliphatic rings. The van der Waals surface area contributed by atoms with E-state index in [1.807, 2.05) is 56.4 Å². The van der Waals surface area contributed by atoms with Crippen LogP contribution in [0.3, 0.4) is 0 Å². The van der Waals surface area contributed by atoms with Crippen LogP contribution in [0.2, 0.25) is 0 Å². The molecule has 0 saturated heterocycles. The minimum absolute atomic E-state index is 0.135. The maximum atomic E-state index is 9.48. The van der Waals surface area contributed by atoms with Gasteiger partial charge in [0.05, 0.1) is 0 Å². The zero-order valence-corrected chi connectivity index (χ0v) is 13.1. The third-order valence-electron chi connectivity index (χ3n) is 3.28. The molecule has 0 amide bonds. The van der Waals surface area contributed by atoms with Gasteiger partial charge in [0.1, 0.15) is 5.75 Å². The second-order valence-corrected chi connectivity index (χ2v) is 4.86. The molecule has 1 atom stereocenters. The van der Waals surface area contributed by atoms with Crippen molar-refractivity contribution in [2.45, 2.75) is 26.7 Å². The highest BCUT2D eigenvalue weighted by Gasteiger charge is 2.16. The first-order chi connectivity index (χ1) is 10.1. The first-order valence-electron chi connectivity index (χ1n) is 7.17. The van der Waals surface area contributed by atoms with Gasteiger partial charge in [-0.25, -0.2) is 0 Å². The van der Waals surface area contributed by atoms with E-state index in [0.717, 1.165) is 11.1 Å². The smallest absolute Gasteiger partial charge is 0.115 e. The Bertz CT molecular complexity index is 568. The van der Waals surface area contributed by atoms with E-state index in [4.69, 9.17) is 0 Å². The standard InChI is InChI=1S/C20H24O/c1-5-8-10-16(4)20(17(7-3)11-9-6-2)18-12-14-19(21)15-13-18/h5-15,20-21H,3H2,1-2,4H3/b8-5-,9-6-,16-10+,17-11+. The van der Waals surface area contributed by atoms with Crippen molar-refractivity contribution in [2.24, 2.45) is 0 Å². The van der Waals surface area contributed by atoms with Crippen LogP contribution in [0.15, 0.2) is 84.5 Å². The summed E-state index contributed by atoms with van der Waals surface area (Å²) in [5.41, 5.74) is 3.51. The fourth-order valence-corrected chi connectivity index (χ4v) is 2.22. The third-order valence-corrected chi connectivity index (χ3v) is 3.28. The molecule has 1 heteroatoms. The summed E-state index contributed by atoms with van der Waals surface area (Å²) in [7, 11) is 0. The van der Waals surface area contributed by atoms with Crippen LogP contribution in [0.4, 0.5) is 0 Å². The van der Waals surface area contributed by atoms with Crippen LogP contribution in [0.5, 0.6) is 5.75 Å². The number of phenolic OH excluding ortho intramolecular Hbond substituents is 1. The van der Waals surface area contributed by atoms with Gasteiger partial charge in [-0.2, -0.15) is 0 Å². The van der Waals surface area contributed by atoms with Crippen LogP contribution in [0.1, 0.15) is 32.3 Å². The van der Waals surface area contributed by atoms with Crippen LogP contribution in [0.25, 0.3) is 0 Å². The average molecular weight is 280 g/mol. The molecular formula is C20H24O. The molecule has 1 rings (SSSR count). The molecule has 1 aromatic rings. The monoisotopic (exact) mass is 280 g/mol. The van der Waals surface area contributed by atoms with E-state index in [0.29, 0.717) is 0 Å². The second kappa shape index (κ2) is 8.80. The summed E-state index contributed by atoms with van der Waals surface area (Å²) >= 11 is 0. The second-order valence-electron chi connectivity index (χ2n) is 4.86. The van der Waals surface area contributed by atoms with E-state index < -0.39 is 0 Å². The SMILES string of the molecule is C=C/C(=C\C=C/C)C(/C(C)=C/C=C\C)c1ccc(O)cc1. The van der Waals surface area contributed by atoms with Gasteiger partial charge in [0, 0.05) is 5.92 Å². The average Bonchev–Trinajstić information content (AvgIpc) is 2.50. The minimum Gasteiger partial charge on any atom is -0.508 e. The molecule has 0 heterocycles. The molecule has 0 aromatic heterocycles. The Kier molecular flexibility index (Phi) is 7.03. The highest BCUT2D eigenvalue weighted by Crippen LogP contribution is 2.33. The molecule has 0 aliphatic carbocycles. The quantitative estimate of drug-likeness (QED) is 0.664. The van der Waals surface area contributed by atoms with Crippen molar-refractivity contribution in [1.29, 1.82) is 0 Å². The highest BCUT2D eigenvalue weighted by atomic mass is 16.3. The van der Waals surface area contributed by atoms with Gasteiger partial charge in [-0.1, -0.05) is 66.8 Å². The van der Waals surface area contributed by atoms with Gasteiger partial charge >= 0.3 is 0 Å². The third kappa shape index (κ3) is 4.96. The molecular weight excluding hydrogens is 256 g/mol. The number of hydrogen-bond donors (Lipinski definition) is 1. The van der Waals surface area contributed by atoms with Gasteiger partial charge < -0.3 is 5.11 Å². The van der Waals surface area contributed by atoms with Gasteiger partial charge in [0.15, 0.2) is 0 Å². The number of aromatic hydroxyl groups is 1. The summed E-state index contributed by atoms with van der Waals surface area (Å²) in [5, 5.41) is 9.48. The predicted molar refractivity (Wildman–Crippen MR) is 92.5 cm³/mol. The zero-order valence-electron chi connectivity index (χ0n) is 13.1. The van der Waals surface area contributed by atoms with Gasteiger partial charge in [0.2, 0.25) is 0 Å². The number of benzene rings is 1. The van der Waals surface area contributed by atoms with E-state index in [-0.39, 0.29) is 11.7 Å². The Morgan fingerprint density at radius 3 is 2.14 bits per heavy atom. The lowest BCUT2D eigenvalue weighted by molar-refractivity contribution is 0.475. The maximum Gasteiger partial charge on any atom is 0.115 e. The summed E-state index contributed by atoms with van der Waals surface area (Å²) in [4.78, 5) is 0. The minimum atomic E-state index is 0.135. The van der Waals surface area contributed by atoms with Crippen molar-refractivity contribution in [3.63, 3.8) is 0 Å². The fourth-order valence-electron chi connectivity index (χ4n) is 2.22. The molecule has 0 saturated carbocycles. The molecule has 0 bridgehead atoms. The van der Waals surface area contributed by atoms with Gasteiger partial charge in [-0.05, 0) is 44.0 Å². The topological polar surface area (TPSA) is 20.2 Å². The van der Waals surface area contributed by atoms with Gasteiger partial charge in [-0.3, -0.25) is 0 Å². The Morgan fingerprint density at radius 1 is 1.05 bits per heavy atom. The lowest BCUT2D eigenvalue weighted by atomic mass is 9.84. The number of phenols is 1. The first kappa shape index (κ1) is 16.8. The van der Waals surface area contributed by atoms with Crippen molar-refractivity contribution in [3.8, 4) is 5.75 Å². The molecule has 21 heavy (non-hydrogen) atoms. The Labute approximate surface area is 128 Å². The van der Waals surface area contributed by atoms with Crippen molar-refractivity contribution >= 4 is 0 Å². The molecule has 110 valence electrons. The van der Waals surface area contributed by atoms with Gasteiger partial charge in [0.25, 0.3) is 0 Å². The predicted octanol–water partition coefficient (Wildman–Crippen LogP) is 5.69. The number of rotatable bonds is 6. The van der Waals surface area contributed by atoms with Crippen LogP contribution in [0, 0.1) is 0 Å². The normalized spacial score (nSPS) is 14.8. The number of allylic oxidation sites excluding steroid dienone is 9. The Morgan fingerprint density at radius 2 is 1.62 bits per heavy atom. The van der Waals surface area contributed by atoms with Crippen LogP contribution >= 0.6 is 0 Å². The lowest BCUT2D eigenvalue weighted by Gasteiger charge is -2.20. The van der Waals surface area contributed by atoms with E-state index >= 15 is 0 Å². The maximum absolute atomic E-state index is 9.48. The number of hydrogen-bond acceptors (Lipinski definition) is 1. The van der Waals surface area contributed by atoms with E-state index in [9.17, 15) is 5.11 Å². The largest absolute Gasteiger partial charge is 0.508 e. The lowest BCUT2D eigenvalue weighted by Crippen LogP contribution is -2.03. The first-order valence-corrected chi connectivity index (χ1v) is 7.17. The van der Waals surface area contributed by atoms with Crippen molar-refractivity contribution in [3.05, 3.63) is 90.1 Å². The van der Waals surface area contributed by atoms with Crippen LogP contribution < -0.4 is 0 Å². The summed E-state index contributed by atoms with van der Waals surface area (Å²) < 4.78 is 0. The van der Waals surface area contributed by atoms with E-state index in [1.165, 1.54) is 5.57 Å². The molecule has 1 unspecified atom stereocenters. The van der Waals surface area contributed by atoms with Crippen LogP contribution in [-0.2, 0) is 0 Å². The van der Waals surface area contributed by atoms with Crippen molar-refractivity contribution < 1.29 is 5.11 Å². The van der Waals surface area contributed by atoms with E-state index in [1.54, 1.807) is 12.1 Å². The Balaban J connectivity index is 3.34. The van der Waals surface area contributed by atoms with Crippen molar-refractivity contribution in [2.75, 3.05) is 0 Å². The Hall–Kier alpha value is -2.28.